The molecule has 1 aliphatic rings. The van der Waals surface area contributed by atoms with E-state index in [9.17, 15) is 0 Å². The smallest absolute Gasteiger partial charge is 0.0890 e. The van der Waals surface area contributed by atoms with Crippen molar-refractivity contribution in [2.45, 2.75) is 31.8 Å². The molecule has 1 aliphatic carbocycles. The van der Waals surface area contributed by atoms with Crippen LogP contribution in [0.15, 0.2) is 11.6 Å². The van der Waals surface area contributed by atoms with Gasteiger partial charge in [-0.2, -0.15) is 0 Å². The first-order chi connectivity index (χ1) is 5.86. The predicted molar refractivity (Wildman–Crippen MR) is 47.5 cm³/mol. The summed E-state index contributed by atoms with van der Waals surface area (Å²) in [4.78, 5) is 4.60. The van der Waals surface area contributed by atoms with E-state index in [1.807, 2.05) is 0 Å². The first kappa shape index (κ1) is 9.71. The minimum absolute atomic E-state index is 0.413. The van der Waals surface area contributed by atoms with E-state index in [1.165, 1.54) is 5.57 Å². The number of nitrogens with two attached hydrogens (primary N) is 1. The first-order valence-corrected chi connectivity index (χ1v) is 4.39. The normalized spacial score (nSPS) is 24.8. The summed E-state index contributed by atoms with van der Waals surface area (Å²) < 4.78 is 5.29. The van der Waals surface area contributed by atoms with Gasteiger partial charge in [-0.1, -0.05) is 6.08 Å². The largest absolute Gasteiger partial charge is 0.381 e. The monoisotopic (exact) mass is 171 g/mol. The Morgan fingerprint density at radius 1 is 1.58 bits per heavy atom. The fourth-order valence-electron chi connectivity index (χ4n) is 1.54. The highest BCUT2D eigenvalue weighted by Crippen LogP contribution is 2.19. The Labute approximate surface area is 73.5 Å². The molecular weight excluding hydrogens is 154 g/mol. The van der Waals surface area contributed by atoms with E-state index in [1.54, 1.807) is 7.11 Å². The zero-order valence-electron chi connectivity index (χ0n) is 7.58. The predicted octanol–water partition coefficient (Wildman–Crippen LogP) is 1.39. The van der Waals surface area contributed by atoms with Gasteiger partial charge in [-0.25, -0.2) is 5.90 Å². The molecule has 0 bridgehead atoms. The van der Waals surface area contributed by atoms with Crippen LogP contribution >= 0.6 is 0 Å². The molecule has 0 spiro atoms. The molecule has 0 aliphatic heterocycles. The fourth-order valence-corrected chi connectivity index (χ4v) is 1.54. The zero-order valence-corrected chi connectivity index (χ0v) is 7.58. The molecule has 1 unspecified atom stereocenters. The summed E-state index contributed by atoms with van der Waals surface area (Å²) in [6.07, 6.45) is 6.96. The van der Waals surface area contributed by atoms with Crippen molar-refractivity contribution in [2.75, 3.05) is 13.7 Å². The summed E-state index contributed by atoms with van der Waals surface area (Å²) in [6, 6.07) is 0. The average molecular weight is 171 g/mol. The van der Waals surface area contributed by atoms with E-state index in [4.69, 9.17) is 10.6 Å². The van der Waals surface area contributed by atoms with E-state index in [0.717, 1.165) is 25.7 Å². The van der Waals surface area contributed by atoms with Crippen LogP contribution < -0.4 is 5.90 Å². The molecule has 3 heteroatoms. The third kappa shape index (κ3) is 2.93. The second kappa shape index (κ2) is 5.30. The van der Waals surface area contributed by atoms with Crippen LogP contribution in [0.25, 0.3) is 0 Å². The Morgan fingerprint density at radius 2 is 2.42 bits per heavy atom. The Bertz CT molecular complexity index is 157. The fraction of sp³-hybridized carbons (Fsp3) is 0.778. The van der Waals surface area contributed by atoms with Crippen molar-refractivity contribution in [3.05, 3.63) is 11.6 Å². The lowest BCUT2D eigenvalue weighted by atomic mass is 10.1. The van der Waals surface area contributed by atoms with Gasteiger partial charge in [0, 0.05) is 7.11 Å². The second-order valence-corrected chi connectivity index (χ2v) is 3.15. The van der Waals surface area contributed by atoms with Gasteiger partial charge in [0.05, 0.1) is 12.7 Å². The maximum atomic E-state index is 5.29. The molecule has 0 aromatic carbocycles. The van der Waals surface area contributed by atoms with Gasteiger partial charge in [0.1, 0.15) is 0 Å². The molecule has 0 radical (unpaired) electrons. The quantitative estimate of drug-likeness (QED) is 0.515. The van der Waals surface area contributed by atoms with Crippen molar-refractivity contribution < 1.29 is 9.57 Å². The van der Waals surface area contributed by atoms with E-state index in [-0.39, 0.29) is 0 Å². The van der Waals surface area contributed by atoms with Crippen LogP contribution in [0.3, 0.4) is 0 Å². The van der Waals surface area contributed by atoms with Gasteiger partial charge in [0.15, 0.2) is 0 Å². The molecule has 0 saturated heterocycles. The minimum atomic E-state index is 0.413. The molecule has 1 atom stereocenters. The Morgan fingerprint density at radius 3 is 3.08 bits per heavy atom. The molecule has 0 heterocycles. The Hall–Kier alpha value is -0.380. The summed E-state index contributed by atoms with van der Waals surface area (Å²) in [7, 11) is 1.77. The van der Waals surface area contributed by atoms with Crippen LogP contribution in [-0.4, -0.2) is 19.8 Å². The number of allylic oxidation sites excluding steroid dienone is 1. The summed E-state index contributed by atoms with van der Waals surface area (Å²) >= 11 is 0. The molecule has 3 nitrogen and oxygen atoms in total. The van der Waals surface area contributed by atoms with Crippen molar-refractivity contribution in [3.63, 3.8) is 0 Å². The third-order valence-electron chi connectivity index (χ3n) is 2.31. The SMILES string of the molecule is COC1CCC=C(CON)CC1. The molecule has 12 heavy (non-hydrogen) atoms. The maximum Gasteiger partial charge on any atom is 0.0890 e. The average Bonchev–Trinajstić information content (AvgIpc) is 2.31. The molecule has 0 aromatic rings. The first-order valence-electron chi connectivity index (χ1n) is 4.39. The zero-order chi connectivity index (χ0) is 8.81. The third-order valence-corrected chi connectivity index (χ3v) is 2.31. The molecule has 0 saturated carbocycles. The minimum Gasteiger partial charge on any atom is -0.381 e. The van der Waals surface area contributed by atoms with Crippen LogP contribution in [0.5, 0.6) is 0 Å². The van der Waals surface area contributed by atoms with E-state index < -0.39 is 0 Å². The number of ether oxygens (including phenoxy) is 1. The van der Waals surface area contributed by atoms with Crippen LogP contribution in [0.4, 0.5) is 0 Å². The summed E-state index contributed by atoms with van der Waals surface area (Å²) in [5.41, 5.74) is 1.30. The number of rotatable bonds is 3. The highest BCUT2D eigenvalue weighted by Gasteiger charge is 2.11. The van der Waals surface area contributed by atoms with Crippen molar-refractivity contribution in [1.82, 2.24) is 0 Å². The van der Waals surface area contributed by atoms with Gasteiger partial charge >= 0.3 is 0 Å². The lowest BCUT2D eigenvalue weighted by molar-refractivity contribution is 0.0897. The van der Waals surface area contributed by atoms with E-state index in [2.05, 4.69) is 10.9 Å². The summed E-state index contributed by atoms with van der Waals surface area (Å²) in [6.45, 7) is 0.566. The lowest BCUT2D eigenvalue weighted by Gasteiger charge is -2.11. The van der Waals surface area contributed by atoms with E-state index >= 15 is 0 Å². The standard InChI is InChI=1S/C9H17NO2/c1-11-9-4-2-3-8(5-6-9)7-12-10/h3,9H,2,4-7,10H2,1H3. The van der Waals surface area contributed by atoms with Crippen molar-refractivity contribution in [3.8, 4) is 0 Å². The van der Waals surface area contributed by atoms with Crippen molar-refractivity contribution in [2.24, 2.45) is 5.90 Å². The molecule has 2 N–H and O–H groups in total. The molecule has 0 aromatic heterocycles. The number of hydrogen-bond acceptors (Lipinski definition) is 3. The van der Waals surface area contributed by atoms with Crippen LogP contribution in [0.1, 0.15) is 25.7 Å². The van der Waals surface area contributed by atoms with E-state index in [0.29, 0.717) is 12.7 Å². The molecule has 0 amide bonds. The van der Waals surface area contributed by atoms with Crippen LogP contribution in [0.2, 0.25) is 0 Å². The molecule has 0 fully saturated rings. The van der Waals surface area contributed by atoms with Crippen molar-refractivity contribution in [1.29, 1.82) is 0 Å². The van der Waals surface area contributed by atoms with Gasteiger partial charge < -0.3 is 9.57 Å². The molecular formula is C9H17NO2. The Kier molecular flexibility index (Phi) is 4.29. The van der Waals surface area contributed by atoms with Crippen LogP contribution in [-0.2, 0) is 9.57 Å². The van der Waals surface area contributed by atoms with Crippen LogP contribution in [0, 0.1) is 0 Å². The molecule has 1 rings (SSSR count). The number of methoxy groups -OCH3 is 1. The van der Waals surface area contributed by atoms with Gasteiger partial charge in [-0.3, -0.25) is 0 Å². The van der Waals surface area contributed by atoms with Gasteiger partial charge in [-0.15, -0.1) is 0 Å². The van der Waals surface area contributed by atoms with Gasteiger partial charge in [0.2, 0.25) is 0 Å². The van der Waals surface area contributed by atoms with Gasteiger partial charge in [-0.05, 0) is 31.3 Å². The number of hydrogen-bond donors (Lipinski definition) is 1. The van der Waals surface area contributed by atoms with Gasteiger partial charge in [0.25, 0.3) is 0 Å². The topological polar surface area (TPSA) is 44.5 Å². The maximum absolute atomic E-state index is 5.29. The van der Waals surface area contributed by atoms with Crippen molar-refractivity contribution >= 4 is 0 Å². The highest BCUT2D eigenvalue weighted by molar-refractivity contribution is 5.04. The highest BCUT2D eigenvalue weighted by atomic mass is 16.6. The summed E-state index contributed by atoms with van der Waals surface area (Å²) in [5, 5.41) is 0. The molecule has 70 valence electrons. The Balaban J connectivity index is 2.34. The second-order valence-electron chi connectivity index (χ2n) is 3.15. The lowest BCUT2D eigenvalue weighted by Crippen LogP contribution is -2.09. The summed E-state index contributed by atoms with van der Waals surface area (Å²) in [5.74, 6) is 5.01.